The number of nitrogens with zero attached hydrogens (tertiary/aromatic N) is 2. The number of hydrogen-bond donors (Lipinski definition) is 1. The summed E-state index contributed by atoms with van der Waals surface area (Å²) in [6.07, 6.45) is 4.53. The van der Waals surface area contributed by atoms with E-state index in [9.17, 15) is 9.59 Å². The van der Waals surface area contributed by atoms with Gasteiger partial charge in [-0.3, -0.25) is 9.59 Å². The molecular formula is C21H27N3O2. The number of benzene rings is 1. The van der Waals surface area contributed by atoms with Crippen molar-refractivity contribution in [3.05, 3.63) is 58.4 Å². The molecule has 0 unspecified atom stereocenters. The van der Waals surface area contributed by atoms with Crippen LogP contribution in [0, 0.1) is 20.8 Å². The zero-order valence-corrected chi connectivity index (χ0v) is 15.8. The summed E-state index contributed by atoms with van der Waals surface area (Å²) in [5.74, 6) is 0.274. The third kappa shape index (κ3) is 4.15. The number of nitrogens with one attached hydrogen (secondary N) is 1. The molecule has 5 heteroatoms. The molecule has 1 saturated heterocycles. The van der Waals surface area contributed by atoms with Crippen molar-refractivity contribution in [1.82, 2.24) is 14.8 Å². The van der Waals surface area contributed by atoms with Gasteiger partial charge in [-0.2, -0.15) is 0 Å². The van der Waals surface area contributed by atoms with Gasteiger partial charge in [-0.05, 0) is 54.7 Å². The fourth-order valence-corrected chi connectivity index (χ4v) is 3.45. The first kappa shape index (κ1) is 18.2. The van der Waals surface area contributed by atoms with Crippen molar-refractivity contribution in [3.63, 3.8) is 0 Å². The van der Waals surface area contributed by atoms with Crippen LogP contribution < -0.4 is 0 Å². The number of carbonyl (C=O) groups is 2. The maximum absolute atomic E-state index is 12.7. The molecule has 0 saturated carbocycles. The number of amides is 2. The van der Waals surface area contributed by atoms with Gasteiger partial charge in [-0.1, -0.05) is 12.1 Å². The molecule has 1 aliphatic heterocycles. The number of rotatable bonds is 4. The topological polar surface area (TPSA) is 56.4 Å². The summed E-state index contributed by atoms with van der Waals surface area (Å²) in [4.78, 5) is 31.7. The Bertz CT molecular complexity index is 788. The van der Waals surface area contributed by atoms with Crippen LogP contribution in [0.1, 0.15) is 27.8 Å². The Morgan fingerprint density at radius 1 is 0.885 bits per heavy atom. The monoisotopic (exact) mass is 353 g/mol. The summed E-state index contributed by atoms with van der Waals surface area (Å²) < 4.78 is 0. The minimum absolute atomic E-state index is 0.127. The Balaban J connectivity index is 1.53. The first-order valence-electron chi connectivity index (χ1n) is 9.18. The highest BCUT2D eigenvalue weighted by atomic mass is 16.2. The molecule has 26 heavy (non-hydrogen) atoms. The first-order valence-corrected chi connectivity index (χ1v) is 9.18. The number of hydrogen-bond acceptors (Lipinski definition) is 2. The third-order valence-electron chi connectivity index (χ3n) is 5.30. The zero-order chi connectivity index (χ0) is 18.7. The van der Waals surface area contributed by atoms with Crippen LogP contribution in [0.4, 0.5) is 0 Å². The van der Waals surface area contributed by atoms with E-state index in [0.717, 1.165) is 11.1 Å². The number of aromatic amines is 1. The van der Waals surface area contributed by atoms with Gasteiger partial charge >= 0.3 is 0 Å². The lowest BCUT2D eigenvalue weighted by molar-refractivity contribution is -0.138. The Morgan fingerprint density at radius 3 is 2.04 bits per heavy atom. The third-order valence-corrected chi connectivity index (χ3v) is 5.30. The normalized spacial score (nSPS) is 14.6. The molecular weight excluding hydrogens is 326 g/mol. The van der Waals surface area contributed by atoms with E-state index in [2.05, 4.69) is 37.9 Å². The van der Waals surface area contributed by atoms with Gasteiger partial charge in [0.1, 0.15) is 0 Å². The molecule has 1 N–H and O–H groups in total. The molecule has 1 aromatic carbocycles. The van der Waals surface area contributed by atoms with Crippen LogP contribution in [0.5, 0.6) is 0 Å². The van der Waals surface area contributed by atoms with Crippen LogP contribution in [0.15, 0.2) is 30.6 Å². The second-order valence-corrected chi connectivity index (χ2v) is 7.20. The molecule has 1 aromatic heterocycles. The summed E-state index contributed by atoms with van der Waals surface area (Å²) in [5, 5.41) is 0. The van der Waals surface area contributed by atoms with E-state index in [1.165, 1.54) is 16.7 Å². The minimum Gasteiger partial charge on any atom is -0.367 e. The van der Waals surface area contributed by atoms with Gasteiger partial charge in [0.25, 0.3) is 0 Å². The highest BCUT2D eigenvalue weighted by Crippen LogP contribution is 2.17. The van der Waals surface area contributed by atoms with Gasteiger partial charge in [0, 0.05) is 38.6 Å². The van der Waals surface area contributed by atoms with Gasteiger partial charge in [0.2, 0.25) is 11.8 Å². The standard InChI is InChI=1S/C21H27N3O2/c1-15-10-17(3)19(11-16(15)2)13-21(26)24-8-6-23(7-9-24)20(25)12-18-4-5-22-14-18/h4-5,10-11,14,22H,6-9,12-13H2,1-3H3. The molecule has 5 nitrogen and oxygen atoms in total. The lowest BCUT2D eigenvalue weighted by Crippen LogP contribution is -2.51. The van der Waals surface area contributed by atoms with Gasteiger partial charge in [-0.25, -0.2) is 0 Å². The van der Waals surface area contributed by atoms with Crippen LogP contribution in [0.2, 0.25) is 0 Å². The van der Waals surface area contributed by atoms with Gasteiger partial charge in [-0.15, -0.1) is 0 Å². The molecule has 0 spiro atoms. The van der Waals surface area contributed by atoms with E-state index >= 15 is 0 Å². The molecule has 0 bridgehead atoms. The van der Waals surface area contributed by atoms with Crippen LogP contribution >= 0.6 is 0 Å². The van der Waals surface area contributed by atoms with Crippen molar-refractivity contribution < 1.29 is 9.59 Å². The van der Waals surface area contributed by atoms with Crippen molar-refractivity contribution in [2.75, 3.05) is 26.2 Å². The molecule has 1 aliphatic rings. The SMILES string of the molecule is Cc1cc(C)c(CC(=O)N2CCN(C(=O)Cc3cc[nH]c3)CC2)cc1C. The highest BCUT2D eigenvalue weighted by molar-refractivity contribution is 5.81. The number of aryl methyl sites for hydroxylation is 3. The van der Waals surface area contributed by atoms with E-state index < -0.39 is 0 Å². The zero-order valence-electron chi connectivity index (χ0n) is 15.8. The van der Waals surface area contributed by atoms with E-state index in [0.29, 0.717) is 39.0 Å². The van der Waals surface area contributed by atoms with Crippen molar-refractivity contribution in [1.29, 1.82) is 0 Å². The maximum atomic E-state index is 12.7. The number of aromatic nitrogens is 1. The lowest BCUT2D eigenvalue weighted by Gasteiger charge is -2.35. The number of piperazine rings is 1. The van der Waals surface area contributed by atoms with Crippen LogP contribution in [-0.2, 0) is 22.4 Å². The Labute approximate surface area is 155 Å². The Hall–Kier alpha value is -2.56. The molecule has 0 aliphatic carbocycles. The minimum atomic E-state index is 0.127. The predicted octanol–water partition coefficient (Wildman–Crippen LogP) is 2.40. The van der Waals surface area contributed by atoms with Crippen molar-refractivity contribution >= 4 is 11.8 Å². The molecule has 2 heterocycles. The summed E-state index contributed by atoms with van der Waals surface area (Å²) >= 11 is 0. The first-order chi connectivity index (χ1) is 12.4. The summed E-state index contributed by atoms with van der Waals surface area (Å²) in [5.41, 5.74) is 5.75. The maximum Gasteiger partial charge on any atom is 0.227 e. The molecule has 1 fully saturated rings. The predicted molar refractivity (Wildman–Crippen MR) is 102 cm³/mol. The van der Waals surface area contributed by atoms with Crippen molar-refractivity contribution in [2.24, 2.45) is 0 Å². The summed E-state index contributed by atoms with van der Waals surface area (Å²) in [7, 11) is 0. The van der Waals surface area contributed by atoms with E-state index in [1.807, 2.05) is 28.3 Å². The van der Waals surface area contributed by atoms with E-state index in [1.54, 1.807) is 0 Å². The lowest BCUT2D eigenvalue weighted by atomic mass is 9.98. The van der Waals surface area contributed by atoms with Crippen LogP contribution in [-0.4, -0.2) is 52.8 Å². The number of H-pyrrole nitrogens is 1. The highest BCUT2D eigenvalue weighted by Gasteiger charge is 2.24. The molecule has 2 aromatic rings. The second kappa shape index (κ2) is 7.77. The van der Waals surface area contributed by atoms with Gasteiger partial charge in [0.05, 0.1) is 12.8 Å². The van der Waals surface area contributed by atoms with Crippen molar-refractivity contribution in [3.8, 4) is 0 Å². The number of carbonyl (C=O) groups excluding carboxylic acids is 2. The van der Waals surface area contributed by atoms with Crippen molar-refractivity contribution in [2.45, 2.75) is 33.6 Å². The van der Waals surface area contributed by atoms with Crippen LogP contribution in [0.25, 0.3) is 0 Å². The largest absolute Gasteiger partial charge is 0.367 e. The van der Waals surface area contributed by atoms with E-state index in [-0.39, 0.29) is 11.8 Å². The summed E-state index contributed by atoms with van der Waals surface area (Å²) in [6, 6.07) is 6.19. The molecule has 138 valence electrons. The Kier molecular flexibility index (Phi) is 5.45. The van der Waals surface area contributed by atoms with Crippen LogP contribution in [0.3, 0.4) is 0 Å². The second-order valence-electron chi connectivity index (χ2n) is 7.20. The molecule has 3 rings (SSSR count). The molecule has 0 radical (unpaired) electrons. The smallest absolute Gasteiger partial charge is 0.227 e. The van der Waals surface area contributed by atoms with Gasteiger partial charge < -0.3 is 14.8 Å². The summed E-state index contributed by atoms with van der Waals surface area (Å²) in [6.45, 7) is 8.69. The fourth-order valence-electron chi connectivity index (χ4n) is 3.45. The van der Waals surface area contributed by atoms with E-state index in [4.69, 9.17) is 0 Å². The molecule has 0 atom stereocenters. The average Bonchev–Trinajstić information content (AvgIpc) is 3.12. The fraction of sp³-hybridized carbons (Fsp3) is 0.429. The van der Waals surface area contributed by atoms with Gasteiger partial charge in [0.15, 0.2) is 0 Å². The Morgan fingerprint density at radius 2 is 1.46 bits per heavy atom. The quantitative estimate of drug-likeness (QED) is 0.918. The average molecular weight is 353 g/mol. The molecule has 2 amide bonds.